The Morgan fingerprint density at radius 3 is 2.38 bits per heavy atom. The summed E-state index contributed by atoms with van der Waals surface area (Å²) in [6.45, 7) is 7.30. The monoisotopic (exact) mass is 390 g/mol. The Bertz CT molecular complexity index is 944. The summed E-state index contributed by atoms with van der Waals surface area (Å²) in [5.74, 6) is 0.418. The van der Waals surface area contributed by atoms with Crippen molar-refractivity contribution in [3.63, 3.8) is 0 Å². The third-order valence-corrected chi connectivity index (χ3v) is 4.51. The maximum absolute atomic E-state index is 14.1. The number of aryl methyl sites for hydroxylation is 1. The predicted molar refractivity (Wildman–Crippen MR) is 117 cm³/mol. The van der Waals surface area contributed by atoms with Crippen molar-refractivity contribution in [2.75, 3.05) is 6.61 Å². The number of benzene rings is 3. The minimum atomic E-state index is -0.390. The van der Waals surface area contributed by atoms with Crippen LogP contribution in [0, 0.1) is 18.2 Å². The third-order valence-electron chi connectivity index (χ3n) is 4.51. The first-order chi connectivity index (χ1) is 13.9. The molecular formula is C26H27FO2. The lowest BCUT2D eigenvalue weighted by Crippen LogP contribution is -2.16. The van der Waals surface area contributed by atoms with Crippen LogP contribution in [0.3, 0.4) is 0 Å². The zero-order valence-corrected chi connectivity index (χ0v) is 17.2. The van der Waals surface area contributed by atoms with Crippen LogP contribution in [0.15, 0.2) is 78.9 Å². The van der Waals surface area contributed by atoms with Crippen molar-refractivity contribution >= 4 is 6.08 Å². The van der Waals surface area contributed by atoms with Gasteiger partial charge in [0.15, 0.2) is 11.6 Å². The second-order valence-corrected chi connectivity index (χ2v) is 7.91. The summed E-state index contributed by atoms with van der Waals surface area (Å²) in [5.41, 5.74) is 3.18. The molecule has 0 fully saturated rings. The van der Waals surface area contributed by atoms with Gasteiger partial charge in [-0.2, -0.15) is 0 Å². The average molecular weight is 390 g/mol. The van der Waals surface area contributed by atoms with Crippen LogP contribution in [0.5, 0.6) is 11.5 Å². The summed E-state index contributed by atoms with van der Waals surface area (Å²) in [6, 6.07) is 22.4. The van der Waals surface area contributed by atoms with Gasteiger partial charge in [-0.05, 0) is 42.3 Å². The Labute approximate surface area is 172 Å². The molecule has 0 aliphatic carbocycles. The molecule has 0 radical (unpaired) electrons. The molecule has 2 nitrogen and oxygen atoms in total. The van der Waals surface area contributed by atoms with Gasteiger partial charge in [0.25, 0.3) is 0 Å². The van der Waals surface area contributed by atoms with Gasteiger partial charge in [-0.1, -0.05) is 80.1 Å². The molecule has 0 atom stereocenters. The van der Waals surface area contributed by atoms with Crippen molar-refractivity contribution in [1.82, 2.24) is 0 Å². The highest BCUT2D eigenvalue weighted by Gasteiger charge is 2.14. The van der Waals surface area contributed by atoms with Crippen LogP contribution in [0.4, 0.5) is 4.39 Å². The van der Waals surface area contributed by atoms with E-state index in [4.69, 9.17) is 9.47 Å². The molecular weight excluding hydrogens is 363 g/mol. The van der Waals surface area contributed by atoms with Crippen molar-refractivity contribution in [2.45, 2.75) is 27.4 Å². The number of halogens is 1. The van der Waals surface area contributed by atoms with Gasteiger partial charge in [-0.15, -0.1) is 0 Å². The highest BCUT2D eigenvalue weighted by atomic mass is 19.1. The molecule has 3 aromatic rings. The number of rotatable bonds is 8. The van der Waals surface area contributed by atoms with Gasteiger partial charge in [0.1, 0.15) is 5.75 Å². The normalized spacial score (nSPS) is 11.7. The summed E-state index contributed by atoms with van der Waals surface area (Å²) in [6.07, 6.45) is 4.28. The van der Waals surface area contributed by atoms with Crippen LogP contribution in [-0.4, -0.2) is 6.61 Å². The fraction of sp³-hybridized carbons (Fsp3) is 0.231. The summed E-state index contributed by atoms with van der Waals surface area (Å²) in [5, 5.41) is 0. The summed E-state index contributed by atoms with van der Waals surface area (Å²) >= 11 is 0. The molecule has 0 N–H and O–H groups in total. The molecule has 0 aliphatic rings. The van der Waals surface area contributed by atoms with Crippen LogP contribution in [-0.2, 0) is 11.3 Å². The minimum absolute atomic E-state index is 0.117. The topological polar surface area (TPSA) is 18.5 Å². The van der Waals surface area contributed by atoms with E-state index in [2.05, 4.69) is 57.2 Å². The van der Waals surface area contributed by atoms with Crippen molar-refractivity contribution < 1.29 is 13.9 Å². The Hall–Kier alpha value is -2.91. The fourth-order valence-corrected chi connectivity index (χ4v) is 2.81. The van der Waals surface area contributed by atoms with Gasteiger partial charge in [-0.3, -0.25) is 0 Å². The van der Waals surface area contributed by atoms with Crippen molar-refractivity contribution in [1.29, 1.82) is 0 Å². The highest BCUT2D eigenvalue weighted by molar-refractivity contribution is 5.50. The third kappa shape index (κ3) is 6.58. The van der Waals surface area contributed by atoms with Gasteiger partial charge >= 0.3 is 0 Å². The van der Waals surface area contributed by atoms with Gasteiger partial charge in [0, 0.05) is 5.41 Å². The number of para-hydroxylation sites is 1. The van der Waals surface area contributed by atoms with E-state index in [9.17, 15) is 4.39 Å². The average Bonchev–Trinajstić information content (AvgIpc) is 2.71. The van der Waals surface area contributed by atoms with Gasteiger partial charge in [-0.25, -0.2) is 4.39 Å². The molecule has 3 heteroatoms. The first-order valence-electron chi connectivity index (χ1n) is 9.76. The van der Waals surface area contributed by atoms with Crippen LogP contribution in [0.1, 0.15) is 30.5 Å². The standard InChI is InChI=1S/C26H27FO2/c1-20-9-11-21(12-10-20)15-16-26(2,3)19-28-18-22-13-14-24(27)25(17-22)29-23-7-5-4-6-8-23/h4-17H,18-19H2,1-3H3/b16-15+. The lowest BCUT2D eigenvalue weighted by atomic mass is 9.93. The minimum Gasteiger partial charge on any atom is -0.454 e. The van der Waals surface area contributed by atoms with E-state index in [0.717, 1.165) is 5.56 Å². The van der Waals surface area contributed by atoms with E-state index < -0.39 is 0 Å². The van der Waals surface area contributed by atoms with Gasteiger partial charge in [0.2, 0.25) is 0 Å². The lowest BCUT2D eigenvalue weighted by Gasteiger charge is -2.20. The molecule has 0 aliphatic heterocycles. The van der Waals surface area contributed by atoms with E-state index in [1.807, 2.05) is 18.2 Å². The molecule has 0 unspecified atom stereocenters. The molecule has 0 saturated carbocycles. The van der Waals surface area contributed by atoms with Crippen LogP contribution in [0.25, 0.3) is 6.08 Å². The molecule has 0 amide bonds. The Morgan fingerprint density at radius 2 is 1.66 bits per heavy atom. The van der Waals surface area contributed by atoms with E-state index >= 15 is 0 Å². The largest absolute Gasteiger partial charge is 0.454 e. The SMILES string of the molecule is Cc1ccc(/C=C/C(C)(C)COCc2ccc(F)c(Oc3ccccc3)c2)cc1. The van der Waals surface area contributed by atoms with E-state index in [0.29, 0.717) is 19.0 Å². The summed E-state index contributed by atoms with van der Waals surface area (Å²) in [4.78, 5) is 0. The molecule has 0 saturated heterocycles. The van der Waals surface area contributed by atoms with Crippen molar-refractivity contribution in [3.05, 3.63) is 101 Å². The molecule has 0 spiro atoms. The Balaban J connectivity index is 1.56. The molecule has 0 heterocycles. The lowest BCUT2D eigenvalue weighted by molar-refractivity contribution is 0.0719. The zero-order valence-electron chi connectivity index (χ0n) is 17.2. The second kappa shape index (κ2) is 9.53. The maximum Gasteiger partial charge on any atom is 0.165 e. The maximum atomic E-state index is 14.1. The molecule has 3 aromatic carbocycles. The van der Waals surface area contributed by atoms with E-state index in [1.54, 1.807) is 24.3 Å². The number of hydrogen-bond donors (Lipinski definition) is 0. The van der Waals surface area contributed by atoms with Crippen LogP contribution in [0.2, 0.25) is 0 Å². The second-order valence-electron chi connectivity index (χ2n) is 7.91. The first-order valence-corrected chi connectivity index (χ1v) is 9.76. The predicted octanol–water partition coefficient (Wildman–Crippen LogP) is 7.18. The molecule has 0 bridgehead atoms. The Kier molecular flexibility index (Phi) is 6.84. The van der Waals surface area contributed by atoms with Gasteiger partial charge < -0.3 is 9.47 Å². The van der Waals surface area contributed by atoms with Crippen LogP contribution >= 0.6 is 0 Å². The van der Waals surface area contributed by atoms with Crippen LogP contribution < -0.4 is 4.74 Å². The molecule has 29 heavy (non-hydrogen) atoms. The first kappa shape index (κ1) is 20.8. The van der Waals surface area contributed by atoms with E-state index in [-0.39, 0.29) is 17.0 Å². The smallest absolute Gasteiger partial charge is 0.165 e. The highest BCUT2D eigenvalue weighted by Crippen LogP contribution is 2.26. The van der Waals surface area contributed by atoms with E-state index in [1.165, 1.54) is 17.2 Å². The summed E-state index contributed by atoms with van der Waals surface area (Å²) in [7, 11) is 0. The van der Waals surface area contributed by atoms with Gasteiger partial charge in [0.05, 0.1) is 13.2 Å². The fourth-order valence-electron chi connectivity index (χ4n) is 2.81. The summed E-state index contributed by atoms with van der Waals surface area (Å²) < 4.78 is 25.6. The van der Waals surface area contributed by atoms with Crippen molar-refractivity contribution in [3.8, 4) is 11.5 Å². The quantitative estimate of drug-likeness (QED) is 0.405. The molecule has 3 rings (SSSR count). The Morgan fingerprint density at radius 1 is 0.931 bits per heavy atom. The number of ether oxygens (including phenoxy) is 2. The number of hydrogen-bond acceptors (Lipinski definition) is 2. The zero-order chi connectivity index (χ0) is 20.7. The molecule has 150 valence electrons. The van der Waals surface area contributed by atoms with Crippen molar-refractivity contribution in [2.24, 2.45) is 5.41 Å². The molecule has 0 aromatic heterocycles.